The third-order valence-corrected chi connectivity index (χ3v) is 7.91. The Morgan fingerprint density at radius 1 is 1.23 bits per heavy atom. The summed E-state index contributed by atoms with van der Waals surface area (Å²) in [4.78, 5) is 17.6. The molecule has 1 fully saturated rings. The minimum Gasteiger partial charge on any atom is -0.379 e. The molecule has 3 aromatic rings. The number of fused-ring (bicyclic) bond motifs is 2. The summed E-state index contributed by atoms with van der Waals surface area (Å²) >= 11 is 0. The maximum absolute atomic E-state index is 13.0. The van der Waals surface area contributed by atoms with Gasteiger partial charge in [0.2, 0.25) is 10.0 Å². The summed E-state index contributed by atoms with van der Waals surface area (Å²) in [5.74, 6) is -0.262. The number of aromatic nitrogens is 2. The summed E-state index contributed by atoms with van der Waals surface area (Å²) in [5, 5.41) is 3.05. The molecule has 31 heavy (non-hydrogen) atoms. The molecule has 1 aliphatic heterocycles. The van der Waals surface area contributed by atoms with Crippen LogP contribution in [0, 0.1) is 6.92 Å². The van der Waals surface area contributed by atoms with E-state index in [2.05, 4.69) is 10.3 Å². The van der Waals surface area contributed by atoms with Crippen molar-refractivity contribution in [1.82, 2.24) is 19.0 Å². The molecule has 1 N–H and O–H groups in total. The van der Waals surface area contributed by atoms with Gasteiger partial charge in [-0.25, -0.2) is 13.4 Å². The second-order valence-corrected chi connectivity index (χ2v) is 9.93. The Hall–Kier alpha value is -2.75. The zero-order valence-corrected chi connectivity index (χ0v) is 18.1. The SMILES string of the molecule is Cc1cccn2cc(C(=O)N[C@H]3CCc4ccc(S(=O)(=O)N5CCOCC5)cc43)nc12. The predicted octanol–water partition coefficient (Wildman–Crippen LogP) is 2.08. The number of sulfonamides is 1. The summed E-state index contributed by atoms with van der Waals surface area (Å²) in [6.07, 6.45) is 5.10. The highest BCUT2D eigenvalue weighted by Gasteiger charge is 2.30. The Morgan fingerprint density at radius 3 is 2.81 bits per heavy atom. The van der Waals surface area contributed by atoms with Crippen LogP contribution in [0.1, 0.15) is 39.6 Å². The maximum atomic E-state index is 13.0. The molecule has 3 heterocycles. The third-order valence-electron chi connectivity index (χ3n) is 6.02. The highest BCUT2D eigenvalue weighted by molar-refractivity contribution is 7.89. The molecule has 1 aliphatic carbocycles. The van der Waals surface area contributed by atoms with E-state index < -0.39 is 10.0 Å². The van der Waals surface area contributed by atoms with Crippen molar-refractivity contribution >= 4 is 21.6 Å². The first kappa shape index (κ1) is 20.2. The molecule has 0 spiro atoms. The summed E-state index contributed by atoms with van der Waals surface area (Å²) in [6.45, 7) is 3.47. The van der Waals surface area contributed by atoms with Gasteiger partial charge in [-0.1, -0.05) is 12.1 Å². The van der Waals surface area contributed by atoms with Crippen LogP contribution in [0.3, 0.4) is 0 Å². The molecule has 1 saturated heterocycles. The van der Waals surface area contributed by atoms with E-state index in [1.807, 2.05) is 35.7 Å². The molecule has 1 aromatic carbocycles. The van der Waals surface area contributed by atoms with E-state index in [9.17, 15) is 13.2 Å². The minimum absolute atomic E-state index is 0.242. The zero-order chi connectivity index (χ0) is 21.6. The number of imidazole rings is 1. The molecule has 2 aromatic heterocycles. The summed E-state index contributed by atoms with van der Waals surface area (Å²) in [5.41, 5.74) is 4.02. The number of nitrogens with one attached hydrogen (secondary N) is 1. The number of carbonyl (C=O) groups excluding carboxylic acids is 1. The monoisotopic (exact) mass is 440 g/mol. The molecule has 162 valence electrons. The molecule has 5 rings (SSSR count). The normalized spacial score (nSPS) is 19.5. The van der Waals surface area contributed by atoms with Crippen molar-refractivity contribution in [3.8, 4) is 0 Å². The van der Waals surface area contributed by atoms with Crippen molar-refractivity contribution < 1.29 is 17.9 Å². The lowest BCUT2D eigenvalue weighted by Gasteiger charge is -2.26. The van der Waals surface area contributed by atoms with Crippen LogP contribution in [0.4, 0.5) is 0 Å². The lowest BCUT2D eigenvalue weighted by atomic mass is 10.1. The molecule has 2 aliphatic rings. The number of carbonyl (C=O) groups is 1. The van der Waals surface area contributed by atoms with Crippen LogP contribution >= 0.6 is 0 Å². The first-order valence-electron chi connectivity index (χ1n) is 10.4. The molecule has 0 unspecified atom stereocenters. The number of nitrogens with zero attached hydrogens (tertiary/aromatic N) is 3. The standard InChI is InChI=1S/C22H24N4O4S/c1-15-3-2-8-25-14-20(23-21(15)25)22(27)24-19-7-5-16-4-6-17(13-18(16)19)31(28,29)26-9-11-30-12-10-26/h2-4,6,8,13-14,19H,5,7,9-12H2,1H3,(H,24,27)/t19-/m0/s1. The average molecular weight is 441 g/mol. The van der Waals surface area contributed by atoms with Gasteiger partial charge in [0.1, 0.15) is 11.3 Å². The molecule has 1 atom stereocenters. The van der Waals surface area contributed by atoms with Gasteiger partial charge in [-0.05, 0) is 54.7 Å². The van der Waals surface area contributed by atoms with E-state index in [-0.39, 0.29) is 16.8 Å². The van der Waals surface area contributed by atoms with E-state index in [4.69, 9.17) is 4.74 Å². The number of hydrogen-bond acceptors (Lipinski definition) is 5. The highest BCUT2D eigenvalue weighted by atomic mass is 32.2. The quantitative estimate of drug-likeness (QED) is 0.671. The zero-order valence-electron chi connectivity index (χ0n) is 17.2. The van der Waals surface area contributed by atoms with Crippen molar-refractivity contribution in [2.45, 2.75) is 30.7 Å². The fourth-order valence-corrected chi connectivity index (χ4v) is 5.77. The van der Waals surface area contributed by atoms with Gasteiger partial charge in [0.25, 0.3) is 5.91 Å². The number of aryl methyl sites for hydroxylation is 2. The number of amides is 1. The van der Waals surface area contributed by atoms with Gasteiger partial charge >= 0.3 is 0 Å². The molecule has 8 nitrogen and oxygen atoms in total. The minimum atomic E-state index is -3.58. The Bertz CT molecular complexity index is 1260. The van der Waals surface area contributed by atoms with Gasteiger partial charge in [0.15, 0.2) is 0 Å². The second kappa shape index (κ2) is 7.74. The Labute approximate surface area is 180 Å². The Kier molecular flexibility index (Phi) is 5.04. The number of benzene rings is 1. The van der Waals surface area contributed by atoms with Crippen molar-refractivity contribution in [1.29, 1.82) is 0 Å². The maximum Gasteiger partial charge on any atom is 0.271 e. The van der Waals surface area contributed by atoms with E-state index in [0.717, 1.165) is 35.2 Å². The van der Waals surface area contributed by atoms with Crippen molar-refractivity contribution in [2.24, 2.45) is 0 Å². The first-order valence-corrected chi connectivity index (χ1v) is 11.8. The van der Waals surface area contributed by atoms with Crippen LogP contribution in [-0.4, -0.2) is 54.3 Å². The van der Waals surface area contributed by atoms with Gasteiger partial charge in [-0.2, -0.15) is 4.31 Å². The largest absolute Gasteiger partial charge is 0.379 e. The van der Waals surface area contributed by atoms with E-state index >= 15 is 0 Å². The highest BCUT2D eigenvalue weighted by Crippen LogP contribution is 2.34. The van der Waals surface area contributed by atoms with Crippen molar-refractivity contribution in [2.75, 3.05) is 26.3 Å². The van der Waals surface area contributed by atoms with Crippen LogP contribution < -0.4 is 5.32 Å². The average Bonchev–Trinajstić information content (AvgIpc) is 3.39. The predicted molar refractivity (Wildman–Crippen MR) is 114 cm³/mol. The number of hydrogen-bond donors (Lipinski definition) is 1. The fraction of sp³-hybridized carbons (Fsp3) is 0.364. The lowest BCUT2D eigenvalue weighted by Crippen LogP contribution is -2.40. The van der Waals surface area contributed by atoms with Gasteiger partial charge in [-0.3, -0.25) is 4.79 Å². The Balaban J connectivity index is 1.40. The van der Waals surface area contributed by atoms with Crippen LogP contribution in [0.25, 0.3) is 5.65 Å². The molecule has 0 radical (unpaired) electrons. The molecule has 0 saturated carbocycles. The smallest absolute Gasteiger partial charge is 0.271 e. The number of pyridine rings is 1. The van der Waals surface area contributed by atoms with Gasteiger partial charge in [-0.15, -0.1) is 0 Å². The third kappa shape index (κ3) is 3.62. The summed E-state index contributed by atoms with van der Waals surface area (Å²) < 4.78 is 34.6. The van der Waals surface area contributed by atoms with E-state index in [1.54, 1.807) is 18.3 Å². The first-order chi connectivity index (χ1) is 14.9. The topological polar surface area (TPSA) is 93.0 Å². The summed E-state index contributed by atoms with van der Waals surface area (Å²) in [6, 6.07) is 8.87. The van der Waals surface area contributed by atoms with Gasteiger partial charge in [0.05, 0.1) is 24.2 Å². The number of rotatable bonds is 4. The number of ether oxygens (including phenoxy) is 1. The van der Waals surface area contributed by atoms with Crippen LogP contribution in [-0.2, 0) is 21.2 Å². The van der Waals surface area contributed by atoms with Crippen LogP contribution in [0.2, 0.25) is 0 Å². The van der Waals surface area contributed by atoms with E-state index in [0.29, 0.717) is 32.0 Å². The molecule has 1 amide bonds. The number of morpholine rings is 1. The van der Waals surface area contributed by atoms with Crippen LogP contribution in [0.15, 0.2) is 47.6 Å². The van der Waals surface area contributed by atoms with E-state index in [1.165, 1.54) is 4.31 Å². The Morgan fingerprint density at radius 2 is 2.03 bits per heavy atom. The fourth-order valence-electron chi connectivity index (χ4n) is 4.32. The molecular formula is C22H24N4O4S. The van der Waals surface area contributed by atoms with Crippen molar-refractivity contribution in [3.63, 3.8) is 0 Å². The summed E-state index contributed by atoms with van der Waals surface area (Å²) in [7, 11) is -3.58. The second-order valence-electron chi connectivity index (χ2n) is 7.99. The molecular weight excluding hydrogens is 416 g/mol. The van der Waals surface area contributed by atoms with Crippen LogP contribution in [0.5, 0.6) is 0 Å². The molecule has 0 bridgehead atoms. The van der Waals surface area contributed by atoms with Gasteiger partial charge in [0, 0.05) is 25.5 Å². The molecule has 9 heteroatoms. The lowest BCUT2D eigenvalue weighted by molar-refractivity contribution is 0.0730. The van der Waals surface area contributed by atoms with Gasteiger partial charge < -0.3 is 14.5 Å². The van der Waals surface area contributed by atoms with Crippen molar-refractivity contribution in [3.05, 3.63) is 65.1 Å².